The van der Waals surface area contributed by atoms with Crippen molar-refractivity contribution in [3.8, 4) is 0 Å². The van der Waals surface area contributed by atoms with Gasteiger partial charge in [-0.05, 0) is 24.6 Å². The van der Waals surface area contributed by atoms with Crippen molar-refractivity contribution in [3.05, 3.63) is 51.3 Å². The molecule has 0 saturated carbocycles. The van der Waals surface area contributed by atoms with Gasteiger partial charge in [-0.1, -0.05) is 28.1 Å². The summed E-state index contributed by atoms with van der Waals surface area (Å²) in [4.78, 5) is 12.1. The lowest BCUT2D eigenvalue weighted by atomic mass is 9.96. The van der Waals surface area contributed by atoms with Crippen LogP contribution in [-0.2, 0) is 15.9 Å². The summed E-state index contributed by atoms with van der Waals surface area (Å²) in [7, 11) is 0. The Balaban J connectivity index is 2.04. The lowest BCUT2D eigenvalue weighted by molar-refractivity contribution is 0.0487. The Hall–Kier alpha value is -1.66. The van der Waals surface area contributed by atoms with E-state index in [1.54, 1.807) is 6.92 Å². The molecule has 1 unspecified atom stereocenters. The van der Waals surface area contributed by atoms with E-state index >= 15 is 0 Å². The van der Waals surface area contributed by atoms with Crippen molar-refractivity contribution < 1.29 is 14.3 Å². The third kappa shape index (κ3) is 2.73. The summed E-state index contributed by atoms with van der Waals surface area (Å²) in [5, 5.41) is 7.06. The number of nitrogens with one attached hydrogen (secondary N) is 1. The summed E-state index contributed by atoms with van der Waals surface area (Å²) in [6, 6.07) is 7.87. The maximum Gasteiger partial charge on any atom is 0.359 e. The van der Waals surface area contributed by atoms with Crippen LogP contribution in [0.2, 0.25) is 0 Å². The number of aromatic nitrogens is 2. The number of H-pyrrole nitrogens is 1. The van der Waals surface area contributed by atoms with Gasteiger partial charge < -0.3 is 9.47 Å². The molecule has 0 aliphatic carbocycles. The first-order valence-corrected chi connectivity index (χ1v) is 7.61. The molecule has 2 aromatic rings. The van der Waals surface area contributed by atoms with Crippen molar-refractivity contribution in [1.82, 2.24) is 10.2 Å². The number of halogens is 1. The third-order valence-corrected chi connectivity index (χ3v) is 3.90. The first kappa shape index (κ1) is 14.3. The second-order valence-corrected chi connectivity index (χ2v) is 5.66. The Morgan fingerprint density at radius 3 is 3.19 bits per heavy atom. The highest BCUT2D eigenvalue weighted by Gasteiger charge is 2.31. The Labute approximate surface area is 130 Å². The Morgan fingerprint density at radius 2 is 2.43 bits per heavy atom. The van der Waals surface area contributed by atoms with Gasteiger partial charge in [-0.15, -0.1) is 0 Å². The number of rotatable bonds is 3. The van der Waals surface area contributed by atoms with Crippen molar-refractivity contribution in [3.63, 3.8) is 0 Å². The van der Waals surface area contributed by atoms with Gasteiger partial charge in [0.1, 0.15) is 6.10 Å². The van der Waals surface area contributed by atoms with Crippen LogP contribution in [-0.4, -0.2) is 29.4 Å². The summed E-state index contributed by atoms with van der Waals surface area (Å²) in [6.07, 6.45) is 0.413. The zero-order chi connectivity index (χ0) is 14.8. The summed E-state index contributed by atoms with van der Waals surface area (Å²) < 4.78 is 11.9. The number of esters is 1. The average Bonchev–Trinajstić information content (AvgIpc) is 2.91. The topological polar surface area (TPSA) is 64.2 Å². The summed E-state index contributed by atoms with van der Waals surface area (Å²) >= 11 is 3.46. The van der Waals surface area contributed by atoms with Crippen molar-refractivity contribution in [2.24, 2.45) is 0 Å². The number of carbonyl (C=O) groups is 1. The van der Waals surface area contributed by atoms with Gasteiger partial charge in [-0.2, -0.15) is 5.10 Å². The van der Waals surface area contributed by atoms with E-state index < -0.39 is 5.97 Å². The first-order chi connectivity index (χ1) is 10.2. The molecule has 3 rings (SSSR count). The van der Waals surface area contributed by atoms with Gasteiger partial charge in [-0.3, -0.25) is 5.10 Å². The Kier molecular flexibility index (Phi) is 4.07. The molecule has 0 saturated heterocycles. The van der Waals surface area contributed by atoms with Gasteiger partial charge in [0.15, 0.2) is 5.69 Å². The quantitative estimate of drug-likeness (QED) is 0.864. The van der Waals surface area contributed by atoms with Gasteiger partial charge in [0.25, 0.3) is 0 Å². The van der Waals surface area contributed by atoms with Crippen LogP contribution in [0.15, 0.2) is 28.7 Å². The molecular formula is C15H15BrN2O3. The molecular weight excluding hydrogens is 336 g/mol. The number of benzene rings is 1. The molecule has 0 spiro atoms. The van der Waals surface area contributed by atoms with Gasteiger partial charge >= 0.3 is 5.97 Å². The summed E-state index contributed by atoms with van der Waals surface area (Å²) in [5.41, 5.74) is 3.03. The molecule has 1 aromatic carbocycles. The predicted octanol–water partition coefficient (Wildman–Crippen LogP) is 3.01. The number of ether oxygens (including phenoxy) is 2. The van der Waals surface area contributed by atoms with Crippen LogP contribution in [0.5, 0.6) is 0 Å². The SMILES string of the molecule is CCOC(=O)c1n[nH]c2c1C(c1cccc(Br)c1)OCC2. The fraction of sp³-hybridized carbons (Fsp3) is 0.333. The van der Waals surface area contributed by atoms with E-state index in [0.717, 1.165) is 21.3 Å². The van der Waals surface area contributed by atoms with E-state index in [0.29, 0.717) is 25.3 Å². The second-order valence-electron chi connectivity index (χ2n) is 4.74. The molecule has 0 fully saturated rings. The van der Waals surface area contributed by atoms with Crippen LogP contribution in [0, 0.1) is 0 Å². The number of nitrogens with zero attached hydrogens (tertiary/aromatic N) is 1. The Bertz CT molecular complexity index is 669. The zero-order valence-electron chi connectivity index (χ0n) is 11.6. The molecule has 0 bridgehead atoms. The number of hydrogen-bond donors (Lipinski definition) is 1. The molecule has 1 aliphatic rings. The molecule has 1 aromatic heterocycles. The van der Waals surface area contributed by atoms with Gasteiger partial charge in [0, 0.05) is 22.2 Å². The normalized spacial score (nSPS) is 17.3. The van der Waals surface area contributed by atoms with E-state index in [9.17, 15) is 4.79 Å². The molecule has 0 radical (unpaired) electrons. The maximum atomic E-state index is 12.1. The Morgan fingerprint density at radius 1 is 1.57 bits per heavy atom. The summed E-state index contributed by atoms with van der Waals surface area (Å²) in [5.74, 6) is -0.416. The molecule has 2 heterocycles. The molecule has 6 heteroatoms. The molecule has 5 nitrogen and oxygen atoms in total. The molecule has 0 amide bonds. The van der Waals surface area contributed by atoms with E-state index in [2.05, 4.69) is 26.1 Å². The lowest BCUT2D eigenvalue weighted by Gasteiger charge is -2.24. The predicted molar refractivity (Wildman–Crippen MR) is 80.2 cm³/mol. The lowest BCUT2D eigenvalue weighted by Crippen LogP contribution is -2.19. The van der Waals surface area contributed by atoms with Gasteiger partial charge in [-0.25, -0.2) is 4.79 Å². The third-order valence-electron chi connectivity index (χ3n) is 3.40. The highest BCUT2D eigenvalue weighted by molar-refractivity contribution is 9.10. The second kappa shape index (κ2) is 5.99. The fourth-order valence-electron chi connectivity index (χ4n) is 2.51. The van der Waals surface area contributed by atoms with Crippen LogP contribution in [0.1, 0.15) is 40.3 Å². The maximum absolute atomic E-state index is 12.1. The van der Waals surface area contributed by atoms with E-state index in [-0.39, 0.29) is 6.10 Å². The molecule has 110 valence electrons. The van der Waals surface area contributed by atoms with Gasteiger partial charge in [0.2, 0.25) is 0 Å². The van der Waals surface area contributed by atoms with Crippen LogP contribution >= 0.6 is 15.9 Å². The van der Waals surface area contributed by atoms with Crippen molar-refractivity contribution in [2.75, 3.05) is 13.2 Å². The number of aromatic amines is 1. The first-order valence-electron chi connectivity index (χ1n) is 6.82. The number of fused-ring (bicyclic) bond motifs is 1. The minimum absolute atomic E-state index is 0.301. The van der Waals surface area contributed by atoms with Crippen molar-refractivity contribution >= 4 is 21.9 Å². The van der Waals surface area contributed by atoms with Crippen molar-refractivity contribution in [1.29, 1.82) is 0 Å². The van der Waals surface area contributed by atoms with E-state index in [1.165, 1.54) is 0 Å². The van der Waals surface area contributed by atoms with E-state index in [4.69, 9.17) is 9.47 Å². The minimum atomic E-state index is -0.416. The average molecular weight is 351 g/mol. The van der Waals surface area contributed by atoms with Crippen LogP contribution in [0.4, 0.5) is 0 Å². The minimum Gasteiger partial charge on any atom is -0.461 e. The van der Waals surface area contributed by atoms with Gasteiger partial charge in [0.05, 0.1) is 13.2 Å². The molecule has 1 atom stereocenters. The van der Waals surface area contributed by atoms with Crippen LogP contribution in [0.3, 0.4) is 0 Å². The number of carbonyl (C=O) groups excluding carboxylic acids is 1. The summed E-state index contributed by atoms with van der Waals surface area (Å²) in [6.45, 7) is 2.69. The fourth-order valence-corrected chi connectivity index (χ4v) is 2.93. The monoisotopic (exact) mass is 350 g/mol. The molecule has 1 N–H and O–H groups in total. The molecule has 1 aliphatic heterocycles. The highest BCUT2D eigenvalue weighted by atomic mass is 79.9. The highest BCUT2D eigenvalue weighted by Crippen LogP contribution is 2.35. The van der Waals surface area contributed by atoms with Crippen molar-refractivity contribution in [2.45, 2.75) is 19.4 Å². The smallest absolute Gasteiger partial charge is 0.359 e. The van der Waals surface area contributed by atoms with Crippen LogP contribution in [0.25, 0.3) is 0 Å². The zero-order valence-corrected chi connectivity index (χ0v) is 13.1. The number of hydrogen-bond acceptors (Lipinski definition) is 4. The van der Waals surface area contributed by atoms with Crippen LogP contribution < -0.4 is 0 Å². The largest absolute Gasteiger partial charge is 0.461 e. The van der Waals surface area contributed by atoms with E-state index in [1.807, 2.05) is 24.3 Å². The molecule has 21 heavy (non-hydrogen) atoms. The standard InChI is InChI=1S/C15H15BrN2O3/c1-2-20-15(19)13-12-11(17-18-13)6-7-21-14(12)9-4-3-5-10(16)8-9/h3-5,8,14H,2,6-7H2,1H3,(H,17,18).